The molecule has 1 aliphatic rings. The van der Waals surface area contributed by atoms with Gasteiger partial charge in [0.05, 0.1) is 5.56 Å². The second-order valence-electron chi connectivity index (χ2n) is 5.21. The Bertz CT molecular complexity index is 533. The molecule has 0 bridgehead atoms. The molecule has 2 heterocycles. The lowest BCUT2D eigenvalue weighted by Crippen LogP contribution is -2.51. The monoisotopic (exact) mass is 302 g/mol. The van der Waals surface area contributed by atoms with Crippen molar-refractivity contribution in [2.24, 2.45) is 0 Å². The number of carboxylic acid groups (broad SMARTS) is 1. The van der Waals surface area contributed by atoms with E-state index >= 15 is 0 Å². The van der Waals surface area contributed by atoms with Gasteiger partial charge in [0.2, 0.25) is 0 Å². The summed E-state index contributed by atoms with van der Waals surface area (Å²) in [7, 11) is 0. The summed E-state index contributed by atoms with van der Waals surface area (Å²) in [6.07, 6.45) is -1.53. The Labute approximate surface area is 120 Å². The molecule has 1 aliphatic heterocycles. The number of hydrogen-bond donors (Lipinski definition) is 1. The minimum absolute atomic E-state index is 0.270. The maximum absolute atomic E-state index is 13.1. The summed E-state index contributed by atoms with van der Waals surface area (Å²) in [6, 6.07) is 2.16. The van der Waals surface area contributed by atoms with E-state index in [0.717, 1.165) is 6.07 Å². The van der Waals surface area contributed by atoms with Crippen molar-refractivity contribution < 1.29 is 23.1 Å². The molecule has 1 atom stereocenters. The summed E-state index contributed by atoms with van der Waals surface area (Å²) in [6.45, 7) is 2.09. The van der Waals surface area contributed by atoms with Gasteiger partial charge in [-0.1, -0.05) is 13.3 Å². The van der Waals surface area contributed by atoms with Gasteiger partial charge >= 0.3 is 12.1 Å². The quantitative estimate of drug-likeness (QED) is 0.927. The van der Waals surface area contributed by atoms with Crippen LogP contribution in [0.1, 0.15) is 38.2 Å². The smallest absolute Gasteiger partial charge is 0.419 e. The number of aromatic nitrogens is 1. The van der Waals surface area contributed by atoms with Crippen LogP contribution in [-0.4, -0.2) is 28.1 Å². The molecule has 1 unspecified atom stereocenters. The minimum atomic E-state index is -4.55. The normalized spacial score (nSPS) is 22.6. The molecule has 2 rings (SSSR count). The average Bonchev–Trinajstić information content (AvgIpc) is 2.83. The van der Waals surface area contributed by atoms with E-state index in [2.05, 4.69) is 4.98 Å². The summed E-state index contributed by atoms with van der Waals surface area (Å²) in [5, 5.41) is 9.57. The number of alkyl halides is 3. The predicted molar refractivity (Wildman–Crippen MR) is 71.1 cm³/mol. The fourth-order valence-electron chi connectivity index (χ4n) is 3.02. The first-order chi connectivity index (χ1) is 9.83. The molecule has 1 fully saturated rings. The third kappa shape index (κ3) is 2.69. The zero-order valence-corrected chi connectivity index (χ0v) is 11.7. The standard InChI is InChI=1S/C14H17F3N2O2/c1-2-6-13(12(20)21)7-4-9-19(13)11-10(14(15,16)17)5-3-8-18-11/h3,5,8H,2,4,6-7,9H2,1H3,(H,20,21). The Morgan fingerprint density at radius 1 is 1.52 bits per heavy atom. The summed E-state index contributed by atoms with van der Waals surface area (Å²) in [5.74, 6) is -1.36. The van der Waals surface area contributed by atoms with Crippen LogP contribution in [0.25, 0.3) is 0 Å². The minimum Gasteiger partial charge on any atom is -0.479 e. The first kappa shape index (κ1) is 15.6. The maximum atomic E-state index is 13.1. The molecule has 7 heteroatoms. The van der Waals surface area contributed by atoms with Gasteiger partial charge in [-0.2, -0.15) is 13.2 Å². The topological polar surface area (TPSA) is 53.4 Å². The summed E-state index contributed by atoms with van der Waals surface area (Å²) < 4.78 is 39.4. The van der Waals surface area contributed by atoms with Crippen LogP contribution in [-0.2, 0) is 11.0 Å². The van der Waals surface area contributed by atoms with Crippen molar-refractivity contribution in [1.29, 1.82) is 0 Å². The Balaban J connectivity index is 2.52. The SMILES string of the molecule is CCCC1(C(=O)O)CCCN1c1ncccc1C(F)(F)F. The van der Waals surface area contributed by atoms with Crippen LogP contribution in [0.4, 0.5) is 19.0 Å². The van der Waals surface area contributed by atoms with Gasteiger partial charge in [-0.3, -0.25) is 0 Å². The van der Waals surface area contributed by atoms with Crippen molar-refractivity contribution in [3.05, 3.63) is 23.9 Å². The van der Waals surface area contributed by atoms with Crippen molar-refractivity contribution >= 4 is 11.8 Å². The van der Waals surface area contributed by atoms with Crippen LogP contribution >= 0.6 is 0 Å². The maximum Gasteiger partial charge on any atom is 0.419 e. The van der Waals surface area contributed by atoms with E-state index in [0.29, 0.717) is 25.7 Å². The highest BCUT2D eigenvalue weighted by atomic mass is 19.4. The number of anilines is 1. The van der Waals surface area contributed by atoms with Gasteiger partial charge in [-0.05, 0) is 31.4 Å². The highest BCUT2D eigenvalue weighted by molar-refractivity contribution is 5.84. The molecule has 1 aromatic heterocycles. The fraction of sp³-hybridized carbons (Fsp3) is 0.571. The van der Waals surface area contributed by atoms with Gasteiger partial charge in [0.25, 0.3) is 0 Å². The van der Waals surface area contributed by atoms with Crippen LogP contribution in [0.5, 0.6) is 0 Å². The van der Waals surface area contributed by atoms with Gasteiger partial charge in [0.1, 0.15) is 11.4 Å². The molecule has 0 amide bonds. The molecule has 21 heavy (non-hydrogen) atoms. The van der Waals surface area contributed by atoms with E-state index in [1.54, 1.807) is 0 Å². The molecule has 0 radical (unpaired) electrons. The summed E-state index contributed by atoms with van der Waals surface area (Å²) in [4.78, 5) is 16.9. The first-order valence-corrected chi connectivity index (χ1v) is 6.86. The molecule has 1 aromatic rings. The number of carbonyl (C=O) groups is 1. The van der Waals surface area contributed by atoms with Crippen molar-refractivity contribution in [2.45, 2.75) is 44.3 Å². The lowest BCUT2D eigenvalue weighted by atomic mass is 9.90. The Kier molecular flexibility index (Phi) is 4.11. The summed E-state index contributed by atoms with van der Waals surface area (Å²) in [5.41, 5.74) is -2.17. The molecule has 1 saturated heterocycles. The van der Waals surface area contributed by atoms with Crippen molar-refractivity contribution in [3.63, 3.8) is 0 Å². The van der Waals surface area contributed by atoms with E-state index in [9.17, 15) is 23.1 Å². The van der Waals surface area contributed by atoms with Crippen molar-refractivity contribution in [1.82, 2.24) is 4.98 Å². The molecule has 0 spiro atoms. The van der Waals surface area contributed by atoms with Gasteiger partial charge < -0.3 is 10.0 Å². The predicted octanol–water partition coefficient (Wildman–Crippen LogP) is 3.32. The Morgan fingerprint density at radius 3 is 2.81 bits per heavy atom. The van der Waals surface area contributed by atoms with E-state index < -0.39 is 23.2 Å². The van der Waals surface area contributed by atoms with Gasteiger partial charge in [0, 0.05) is 12.7 Å². The zero-order valence-electron chi connectivity index (χ0n) is 11.7. The molecule has 4 nitrogen and oxygen atoms in total. The fourth-order valence-corrected chi connectivity index (χ4v) is 3.02. The van der Waals surface area contributed by atoms with E-state index in [4.69, 9.17) is 0 Å². The zero-order chi connectivity index (χ0) is 15.7. The molecule has 0 aromatic carbocycles. The van der Waals surface area contributed by atoms with Gasteiger partial charge in [0.15, 0.2) is 0 Å². The van der Waals surface area contributed by atoms with Crippen LogP contribution in [0.3, 0.4) is 0 Å². The molecule has 116 valence electrons. The molecule has 0 aliphatic carbocycles. The molecule has 0 saturated carbocycles. The van der Waals surface area contributed by atoms with E-state index in [1.165, 1.54) is 17.2 Å². The lowest BCUT2D eigenvalue weighted by molar-refractivity contribution is -0.144. The second-order valence-corrected chi connectivity index (χ2v) is 5.21. The summed E-state index contributed by atoms with van der Waals surface area (Å²) >= 11 is 0. The lowest BCUT2D eigenvalue weighted by Gasteiger charge is -2.36. The Morgan fingerprint density at radius 2 is 2.24 bits per heavy atom. The third-order valence-corrected chi connectivity index (χ3v) is 3.90. The van der Waals surface area contributed by atoms with E-state index in [1.807, 2.05) is 6.92 Å². The van der Waals surface area contributed by atoms with Gasteiger partial charge in [-0.25, -0.2) is 9.78 Å². The number of halogens is 3. The number of carboxylic acids is 1. The number of hydrogen-bond acceptors (Lipinski definition) is 3. The van der Waals surface area contributed by atoms with Crippen LogP contribution in [0, 0.1) is 0 Å². The number of nitrogens with zero attached hydrogens (tertiary/aromatic N) is 2. The third-order valence-electron chi connectivity index (χ3n) is 3.90. The van der Waals surface area contributed by atoms with Crippen LogP contribution in [0.15, 0.2) is 18.3 Å². The van der Waals surface area contributed by atoms with E-state index in [-0.39, 0.29) is 12.4 Å². The largest absolute Gasteiger partial charge is 0.479 e. The molecular formula is C14H17F3N2O2. The highest BCUT2D eigenvalue weighted by Gasteiger charge is 2.49. The molecule has 1 N–H and O–H groups in total. The Hall–Kier alpha value is -1.79. The second kappa shape index (κ2) is 5.54. The van der Waals surface area contributed by atoms with Crippen molar-refractivity contribution in [3.8, 4) is 0 Å². The molecular weight excluding hydrogens is 285 g/mol. The van der Waals surface area contributed by atoms with Gasteiger partial charge in [-0.15, -0.1) is 0 Å². The highest BCUT2D eigenvalue weighted by Crippen LogP contribution is 2.42. The average molecular weight is 302 g/mol. The van der Waals surface area contributed by atoms with Crippen molar-refractivity contribution in [2.75, 3.05) is 11.4 Å². The number of rotatable bonds is 4. The number of pyridine rings is 1. The number of aliphatic carboxylic acids is 1. The van der Waals surface area contributed by atoms with Crippen LogP contribution in [0.2, 0.25) is 0 Å². The first-order valence-electron chi connectivity index (χ1n) is 6.86. The van der Waals surface area contributed by atoms with Crippen LogP contribution < -0.4 is 4.90 Å².